The predicted octanol–water partition coefficient (Wildman–Crippen LogP) is 4.98. The largest absolute Gasteiger partial charge is 0.462 e. The van der Waals surface area contributed by atoms with Gasteiger partial charge < -0.3 is 4.74 Å². The standard InChI is InChI=1S/C23H14N2O2S/c24-12-16(13-25)21-17-4-1-2-5-18(17)22-19(21)6-3-7-20(22)23(26)27-10-8-15-9-11-28-14-15/h1-7,9,11,14H,8,10H2. The first-order valence-corrected chi connectivity index (χ1v) is 9.64. The highest BCUT2D eigenvalue weighted by Gasteiger charge is 2.30. The van der Waals surface area contributed by atoms with E-state index in [1.807, 2.05) is 59.3 Å². The highest BCUT2D eigenvalue weighted by Crippen LogP contribution is 2.47. The molecule has 0 atom stereocenters. The maximum absolute atomic E-state index is 12.8. The first kappa shape index (κ1) is 17.7. The molecule has 0 amide bonds. The maximum Gasteiger partial charge on any atom is 0.338 e. The second kappa shape index (κ2) is 7.52. The summed E-state index contributed by atoms with van der Waals surface area (Å²) in [4.78, 5) is 12.8. The van der Waals surface area contributed by atoms with Crippen molar-refractivity contribution < 1.29 is 9.53 Å². The van der Waals surface area contributed by atoms with Gasteiger partial charge in [-0.15, -0.1) is 0 Å². The van der Waals surface area contributed by atoms with Crippen molar-refractivity contribution in [3.05, 3.63) is 87.1 Å². The zero-order chi connectivity index (χ0) is 19.5. The van der Waals surface area contributed by atoms with Crippen molar-refractivity contribution in [2.45, 2.75) is 6.42 Å². The fourth-order valence-electron chi connectivity index (χ4n) is 3.47. The number of carbonyl (C=O) groups excluding carboxylic acids is 1. The van der Waals surface area contributed by atoms with E-state index in [0.717, 1.165) is 22.3 Å². The van der Waals surface area contributed by atoms with Crippen LogP contribution in [-0.2, 0) is 11.2 Å². The second-order valence-corrected chi connectivity index (χ2v) is 7.04. The molecule has 0 saturated heterocycles. The molecule has 134 valence electrons. The van der Waals surface area contributed by atoms with Crippen LogP contribution in [-0.4, -0.2) is 12.6 Å². The van der Waals surface area contributed by atoms with Crippen LogP contribution >= 0.6 is 11.3 Å². The third-order valence-corrected chi connectivity index (χ3v) is 5.43. The molecule has 2 aromatic carbocycles. The Morgan fingerprint density at radius 3 is 2.43 bits per heavy atom. The topological polar surface area (TPSA) is 73.9 Å². The van der Waals surface area contributed by atoms with Gasteiger partial charge in [0.15, 0.2) is 0 Å². The van der Waals surface area contributed by atoms with Gasteiger partial charge in [0.2, 0.25) is 0 Å². The van der Waals surface area contributed by atoms with Crippen molar-refractivity contribution >= 4 is 22.9 Å². The normalized spacial score (nSPS) is 11.1. The van der Waals surface area contributed by atoms with Crippen LogP contribution < -0.4 is 0 Å². The Bertz CT molecular complexity index is 1160. The van der Waals surface area contributed by atoms with Crippen molar-refractivity contribution in [2.24, 2.45) is 0 Å². The molecule has 5 heteroatoms. The van der Waals surface area contributed by atoms with Gasteiger partial charge in [-0.3, -0.25) is 0 Å². The van der Waals surface area contributed by atoms with Crippen LogP contribution in [0.4, 0.5) is 0 Å². The van der Waals surface area contributed by atoms with Gasteiger partial charge in [0, 0.05) is 17.6 Å². The molecular weight excluding hydrogens is 368 g/mol. The lowest BCUT2D eigenvalue weighted by Crippen LogP contribution is -2.09. The Morgan fingerprint density at radius 2 is 1.71 bits per heavy atom. The van der Waals surface area contributed by atoms with E-state index in [0.29, 0.717) is 29.7 Å². The molecular formula is C23H14N2O2S. The van der Waals surface area contributed by atoms with Crippen LogP contribution in [0.1, 0.15) is 27.0 Å². The van der Waals surface area contributed by atoms with E-state index in [2.05, 4.69) is 0 Å². The van der Waals surface area contributed by atoms with E-state index in [4.69, 9.17) is 4.74 Å². The summed E-state index contributed by atoms with van der Waals surface area (Å²) in [5, 5.41) is 22.8. The second-order valence-electron chi connectivity index (χ2n) is 6.26. The summed E-state index contributed by atoms with van der Waals surface area (Å²) in [6.45, 7) is 0.297. The van der Waals surface area contributed by atoms with Crippen molar-refractivity contribution in [3.8, 4) is 23.3 Å². The highest BCUT2D eigenvalue weighted by molar-refractivity contribution is 7.07. The number of nitriles is 2. The zero-order valence-electron chi connectivity index (χ0n) is 14.8. The number of nitrogens with zero attached hydrogens (tertiary/aromatic N) is 2. The molecule has 0 saturated carbocycles. The quantitative estimate of drug-likeness (QED) is 0.369. The first-order valence-electron chi connectivity index (χ1n) is 8.70. The molecule has 4 nitrogen and oxygen atoms in total. The Labute approximate surface area is 166 Å². The number of allylic oxidation sites excluding steroid dienone is 1. The fourth-order valence-corrected chi connectivity index (χ4v) is 4.17. The van der Waals surface area contributed by atoms with Gasteiger partial charge >= 0.3 is 5.97 Å². The Balaban J connectivity index is 1.74. The van der Waals surface area contributed by atoms with Crippen LogP contribution in [0.5, 0.6) is 0 Å². The van der Waals surface area contributed by atoms with Gasteiger partial charge in [0.25, 0.3) is 0 Å². The number of esters is 1. The summed E-state index contributed by atoms with van der Waals surface area (Å²) in [6, 6.07) is 18.8. The van der Waals surface area contributed by atoms with E-state index < -0.39 is 5.97 Å². The summed E-state index contributed by atoms with van der Waals surface area (Å²) in [7, 11) is 0. The van der Waals surface area contributed by atoms with Crippen LogP contribution in [0.15, 0.2) is 64.9 Å². The summed E-state index contributed by atoms with van der Waals surface area (Å²) >= 11 is 1.61. The van der Waals surface area contributed by atoms with Gasteiger partial charge in [0.1, 0.15) is 17.7 Å². The minimum atomic E-state index is -0.404. The lowest BCUT2D eigenvalue weighted by molar-refractivity contribution is 0.0510. The van der Waals surface area contributed by atoms with E-state index in [1.165, 1.54) is 0 Å². The number of hydrogen-bond acceptors (Lipinski definition) is 5. The van der Waals surface area contributed by atoms with E-state index in [9.17, 15) is 15.3 Å². The van der Waals surface area contributed by atoms with Gasteiger partial charge in [0.05, 0.1) is 12.2 Å². The number of ether oxygens (including phenoxy) is 1. The first-order chi connectivity index (χ1) is 13.7. The Kier molecular flexibility index (Phi) is 4.76. The summed E-state index contributed by atoms with van der Waals surface area (Å²) < 4.78 is 5.51. The molecule has 0 unspecified atom stereocenters. The monoisotopic (exact) mass is 382 g/mol. The molecule has 3 aromatic rings. The van der Waals surface area contributed by atoms with Crippen LogP contribution in [0, 0.1) is 22.7 Å². The molecule has 0 fully saturated rings. The smallest absolute Gasteiger partial charge is 0.338 e. The molecule has 4 rings (SSSR count). The van der Waals surface area contributed by atoms with Gasteiger partial charge in [-0.05, 0) is 45.1 Å². The zero-order valence-corrected chi connectivity index (χ0v) is 15.6. The number of thiophene rings is 1. The Morgan fingerprint density at radius 1 is 0.964 bits per heavy atom. The average molecular weight is 382 g/mol. The maximum atomic E-state index is 12.8. The van der Waals surface area contributed by atoms with Crippen LogP contribution in [0.25, 0.3) is 16.7 Å². The van der Waals surface area contributed by atoms with E-state index in [1.54, 1.807) is 23.5 Å². The molecule has 1 aliphatic carbocycles. The molecule has 0 radical (unpaired) electrons. The Hall–Kier alpha value is -3.67. The number of benzene rings is 2. The SMILES string of the molecule is N#CC(C#N)=C1c2ccccc2-c2c(C(=O)OCCc3ccsc3)cccc21. The predicted molar refractivity (Wildman–Crippen MR) is 107 cm³/mol. The minimum Gasteiger partial charge on any atom is -0.462 e. The van der Waals surface area contributed by atoms with Crippen molar-refractivity contribution in [3.63, 3.8) is 0 Å². The fraction of sp³-hybridized carbons (Fsp3) is 0.0870. The molecule has 1 aliphatic rings. The third kappa shape index (κ3) is 2.99. The lowest BCUT2D eigenvalue weighted by Gasteiger charge is -2.09. The number of rotatable bonds is 4. The number of carbonyl (C=O) groups is 1. The number of fused-ring (bicyclic) bond motifs is 3. The third-order valence-electron chi connectivity index (χ3n) is 4.70. The lowest BCUT2D eigenvalue weighted by atomic mass is 9.97. The van der Waals surface area contributed by atoms with Gasteiger partial charge in [-0.25, -0.2) is 4.79 Å². The van der Waals surface area contributed by atoms with Crippen molar-refractivity contribution in [1.29, 1.82) is 10.5 Å². The summed E-state index contributed by atoms with van der Waals surface area (Å²) in [5.41, 5.74) is 5.25. The highest BCUT2D eigenvalue weighted by atomic mass is 32.1. The number of hydrogen-bond donors (Lipinski definition) is 0. The van der Waals surface area contributed by atoms with E-state index in [-0.39, 0.29) is 5.57 Å². The molecule has 28 heavy (non-hydrogen) atoms. The summed E-state index contributed by atoms with van der Waals surface area (Å²) in [6.07, 6.45) is 0.666. The van der Waals surface area contributed by atoms with Gasteiger partial charge in [-0.2, -0.15) is 21.9 Å². The average Bonchev–Trinajstić information content (AvgIpc) is 3.36. The van der Waals surface area contributed by atoms with Crippen molar-refractivity contribution in [2.75, 3.05) is 6.61 Å². The van der Waals surface area contributed by atoms with Crippen LogP contribution in [0.3, 0.4) is 0 Å². The summed E-state index contributed by atoms with van der Waals surface area (Å²) in [5.74, 6) is -0.404. The van der Waals surface area contributed by atoms with Crippen molar-refractivity contribution in [1.82, 2.24) is 0 Å². The molecule has 0 N–H and O–H groups in total. The molecule has 0 spiro atoms. The molecule has 1 heterocycles. The molecule has 1 aromatic heterocycles. The minimum absolute atomic E-state index is 0.0363. The van der Waals surface area contributed by atoms with Gasteiger partial charge in [-0.1, -0.05) is 36.4 Å². The van der Waals surface area contributed by atoms with E-state index >= 15 is 0 Å². The molecule has 0 aliphatic heterocycles. The molecule has 0 bridgehead atoms. The van der Waals surface area contributed by atoms with Crippen LogP contribution in [0.2, 0.25) is 0 Å².